The maximum Gasteiger partial charge on any atom is 0.210 e. The fourth-order valence-electron chi connectivity index (χ4n) is 2.23. The van der Waals surface area contributed by atoms with Crippen LogP contribution >= 0.6 is 0 Å². The quantitative estimate of drug-likeness (QED) is 0.682. The summed E-state index contributed by atoms with van der Waals surface area (Å²) >= 11 is 0. The molecule has 0 bridgehead atoms. The minimum Gasteiger partial charge on any atom is -0.379 e. The van der Waals surface area contributed by atoms with E-state index in [9.17, 15) is 8.42 Å². The fourth-order valence-corrected chi connectivity index (χ4v) is 3.15. The van der Waals surface area contributed by atoms with Crippen molar-refractivity contribution in [3.05, 3.63) is 0 Å². The number of primary sulfonamides is 1. The molecule has 0 spiro atoms. The van der Waals surface area contributed by atoms with Gasteiger partial charge in [-0.1, -0.05) is 0 Å². The van der Waals surface area contributed by atoms with Crippen molar-refractivity contribution < 1.29 is 13.2 Å². The largest absolute Gasteiger partial charge is 0.379 e. The van der Waals surface area contributed by atoms with Gasteiger partial charge in [-0.3, -0.25) is 4.90 Å². The molecule has 1 atom stereocenters. The van der Waals surface area contributed by atoms with Crippen molar-refractivity contribution in [3.63, 3.8) is 0 Å². The third kappa shape index (κ3) is 6.35. The third-order valence-electron chi connectivity index (χ3n) is 2.96. The van der Waals surface area contributed by atoms with Gasteiger partial charge in [-0.05, 0) is 39.7 Å². The highest BCUT2D eigenvalue weighted by Gasteiger charge is 2.27. The molecule has 0 saturated carbocycles. The Morgan fingerprint density at radius 1 is 1.47 bits per heavy atom. The van der Waals surface area contributed by atoms with Gasteiger partial charge in [0.25, 0.3) is 0 Å². The maximum atomic E-state index is 11.1. The Bertz CT molecular complexity index is 317. The number of hydrogen-bond donors (Lipinski definition) is 1. The van der Waals surface area contributed by atoms with Crippen molar-refractivity contribution in [3.8, 4) is 0 Å². The molecule has 0 unspecified atom stereocenters. The highest BCUT2D eigenvalue weighted by atomic mass is 32.2. The molecular weight excluding hydrogens is 240 g/mol. The van der Waals surface area contributed by atoms with Crippen LogP contribution < -0.4 is 5.14 Å². The van der Waals surface area contributed by atoms with Gasteiger partial charge in [-0.25, -0.2) is 13.6 Å². The molecule has 1 aliphatic rings. The molecule has 1 saturated heterocycles. The van der Waals surface area contributed by atoms with Crippen LogP contribution in [0.4, 0.5) is 0 Å². The molecular formula is C11H24N2O3S. The van der Waals surface area contributed by atoms with Gasteiger partial charge in [0, 0.05) is 19.2 Å². The lowest BCUT2D eigenvalue weighted by Gasteiger charge is -2.23. The Balaban J connectivity index is 2.27. The zero-order chi connectivity index (χ0) is 12.9. The van der Waals surface area contributed by atoms with E-state index in [4.69, 9.17) is 9.88 Å². The smallest absolute Gasteiger partial charge is 0.210 e. The first-order valence-corrected chi connectivity index (χ1v) is 7.96. The Hall–Kier alpha value is -0.170. The monoisotopic (exact) mass is 264 g/mol. The second kappa shape index (κ2) is 6.68. The summed E-state index contributed by atoms with van der Waals surface area (Å²) in [5.74, 6) is 0.0814. The number of rotatable bonds is 7. The van der Waals surface area contributed by atoms with Crippen LogP contribution in [0.15, 0.2) is 0 Å². The van der Waals surface area contributed by atoms with E-state index in [0.29, 0.717) is 0 Å². The lowest BCUT2D eigenvalue weighted by molar-refractivity contribution is 0.0702. The van der Waals surface area contributed by atoms with E-state index in [0.717, 1.165) is 39.0 Å². The second-order valence-electron chi connectivity index (χ2n) is 4.93. The van der Waals surface area contributed by atoms with Gasteiger partial charge in [0.15, 0.2) is 0 Å². The molecule has 1 heterocycles. The first kappa shape index (κ1) is 14.9. The molecule has 5 nitrogen and oxygen atoms in total. The molecule has 0 aromatic heterocycles. The number of nitrogens with two attached hydrogens (primary N) is 1. The zero-order valence-corrected chi connectivity index (χ0v) is 11.6. The van der Waals surface area contributed by atoms with E-state index in [1.54, 1.807) is 0 Å². The second-order valence-corrected chi connectivity index (χ2v) is 6.59. The molecule has 102 valence electrons. The number of nitrogens with zero attached hydrogens (tertiary/aromatic N) is 1. The summed E-state index contributed by atoms with van der Waals surface area (Å²) in [6.07, 6.45) is 3.19. The van der Waals surface area contributed by atoms with Crippen molar-refractivity contribution in [1.29, 1.82) is 0 Å². The van der Waals surface area contributed by atoms with E-state index in [1.807, 2.05) is 13.8 Å². The van der Waals surface area contributed by atoms with Gasteiger partial charge in [-0.15, -0.1) is 0 Å². The molecule has 6 heteroatoms. The van der Waals surface area contributed by atoms with E-state index in [1.165, 1.54) is 0 Å². The standard InChI is InChI=1S/C11H24N2O3S/c1-10(2)16-8-4-7-13-6-3-5-11(13)9-17(12,14)15/h10-11H,3-9H2,1-2H3,(H2,12,14,15)/t11-/m1/s1. The summed E-state index contributed by atoms with van der Waals surface area (Å²) < 4.78 is 27.6. The van der Waals surface area contributed by atoms with Crippen LogP contribution in [-0.2, 0) is 14.8 Å². The highest BCUT2D eigenvalue weighted by molar-refractivity contribution is 7.89. The lowest BCUT2D eigenvalue weighted by atomic mass is 10.2. The van der Waals surface area contributed by atoms with Gasteiger partial charge in [0.2, 0.25) is 10.0 Å². The summed E-state index contributed by atoms with van der Waals surface area (Å²) in [7, 11) is -3.36. The zero-order valence-electron chi connectivity index (χ0n) is 10.8. The summed E-state index contributed by atoms with van der Waals surface area (Å²) in [6, 6.07) is 0.101. The minimum absolute atomic E-state index is 0.0814. The van der Waals surface area contributed by atoms with Crippen LogP contribution in [0.25, 0.3) is 0 Å². The van der Waals surface area contributed by atoms with Crippen LogP contribution in [0.2, 0.25) is 0 Å². The van der Waals surface area contributed by atoms with Gasteiger partial charge in [0.1, 0.15) is 0 Å². The van der Waals surface area contributed by atoms with Crippen LogP contribution in [0.1, 0.15) is 33.1 Å². The summed E-state index contributed by atoms with van der Waals surface area (Å²) in [4.78, 5) is 2.22. The van der Waals surface area contributed by atoms with Crippen molar-refractivity contribution in [2.75, 3.05) is 25.4 Å². The first-order valence-electron chi connectivity index (χ1n) is 6.24. The van der Waals surface area contributed by atoms with E-state index in [2.05, 4.69) is 4.90 Å². The molecule has 0 amide bonds. The molecule has 17 heavy (non-hydrogen) atoms. The predicted molar refractivity (Wildman–Crippen MR) is 68.3 cm³/mol. The van der Waals surface area contributed by atoms with Crippen molar-refractivity contribution in [1.82, 2.24) is 4.90 Å². The molecule has 0 aliphatic carbocycles. The fraction of sp³-hybridized carbons (Fsp3) is 1.00. The predicted octanol–water partition coefficient (Wildman–Crippen LogP) is 0.554. The molecule has 1 aliphatic heterocycles. The molecule has 0 aromatic carbocycles. The van der Waals surface area contributed by atoms with Gasteiger partial charge in [-0.2, -0.15) is 0 Å². The number of hydrogen-bond acceptors (Lipinski definition) is 4. The molecule has 0 aromatic rings. The van der Waals surface area contributed by atoms with Crippen LogP contribution in [-0.4, -0.2) is 50.9 Å². The minimum atomic E-state index is -3.36. The van der Waals surface area contributed by atoms with Crippen molar-refractivity contribution >= 4 is 10.0 Å². The first-order chi connectivity index (χ1) is 7.88. The summed E-state index contributed by atoms with van der Waals surface area (Å²) in [6.45, 7) is 6.63. The Morgan fingerprint density at radius 3 is 2.76 bits per heavy atom. The molecule has 0 radical (unpaired) electrons. The van der Waals surface area contributed by atoms with Gasteiger partial charge in [0.05, 0.1) is 11.9 Å². The number of sulfonamides is 1. The maximum absolute atomic E-state index is 11.1. The van der Waals surface area contributed by atoms with Gasteiger partial charge < -0.3 is 4.74 Å². The topological polar surface area (TPSA) is 72.6 Å². The molecule has 1 rings (SSSR count). The Labute approximate surface area is 104 Å². The number of likely N-dealkylation sites (tertiary alicyclic amines) is 1. The molecule has 2 N–H and O–H groups in total. The van der Waals surface area contributed by atoms with Gasteiger partial charge >= 0.3 is 0 Å². The highest BCUT2D eigenvalue weighted by Crippen LogP contribution is 2.18. The SMILES string of the molecule is CC(C)OCCCN1CCC[C@@H]1CS(N)(=O)=O. The van der Waals surface area contributed by atoms with E-state index < -0.39 is 10.0 Å². The summed E-state index contributed by atoms with van der Waals surface area (Å²) in [5, 5.41) is 5.09. The van der Waals surface area contributed by atoms with Crippen LogP contribution in [0.3, 0.4) is 0 Å². The Morgan fingerprint density at radius 2 is 2.18 bits per heavy atom. The molecule has 1 fully saturated rings. The Kier molecular flexibility index (Phi) is 5.85. The third-order valence-corrected chi connectivity index (χ3v) is 3.81. The van der Waals surface area contributed by atoms with Crippen molar-refractivity contribution in [2.24, 2.45) is 5.14 Å². The summed E-state index contributed by atoms with van der Waals surface area (Å²) in [5.41, 5.74) is 0. The van der Waals surface area contributed by atoms with Crippen LogP contribution in [0.5, 0.6) is 0 Å². The average molecular weight is 264 g/mol. The van der Waals surface area contributed by atoms with E-state index >= 15 is 0 Å². The normalized spacial score (nSPS) is 22.5. The van der Waals surface area contributed by atoms with Crippen molar-refractivity contribution in [2.45, 2.75) is 45.3 Å². The van der Waals surface area contributed by atoms with Crippen LogP contribution in [0, 0.1) is 0 Å². The lowest BCUT2D eigenvalue weighted by Crippen LogP contribution is -2.38. The average Bonchev–Trinajstić information content (AvgIpc) is 2.57. The number of ether oxygens (including phenoxy) is 1. The van der Waals surface area contributed by atoms with E-state index in [-0.39, 0.29) is 17.9 Å².